The van der Waals surface area contributed by atoms with Crippen LogP contribution in [-0.2, 0) is 0 Å². The molecule has 0 bridgehead atoms. The number of nitrogens with two attached hydrogens (primary N) is 1. The van der Waals surface area contributed by atoms with E-state index in [0.29, 0.717) is 0 Å². The fraction of sp³-hybridized carbons (Fsp3) is 0.750. The molecule has 0 aromatic heterocycles. The van der Waals surface area contributed by atoms with Crippen LogP contribution >= 0.6 is 0 Å². The molecule has 0 aliphatic rings. The molecule has 0 fully saturated rings. The maximum absolute atomic E-state index is 7.98. The molecule has 0 rings (SSSR count). The lowest BCUT2D eigenvalue weighted by atomic mass is 10.3. The van der Waals surface area contributed by atoms with Crippen molar-refractivity contribution in [2.75, 3.05) is 13.2 Å². The van der Waals surface area contributed by atoms with Crippen LogP contribution in [0.4, 0.5) is 0 Å². The Morgan fingerprint density at radius 1 is 1.50 bits per heavy atom. The van der Waals surface area contributed by atoms with Crippen LogP contribution in [0.25, 0.3) is 0 Å². The summed E-state index contributed by atoms with van der Waals surface area (Å²) in [6.07, 6.45) is 5.87. The molecule has 0 amide bonds. The van der Waals surface area contributed by atoms with E-state index in [0.717, 1.165) is 6.54 Å². The standard InChI is InChI=1S/C4H11N.C4H8O/c2*1-2-3-4-5/h2-5H2,1H3;2-3,5H,4H2,1H3. The normalized spacial score (nSPS) is 9.20. The molecule has 0 unspecified atom stereocenters. The number of aliphatic hydroxyl groups is 1. The molecule has 2 nitrogen and oxygen atoms in total. The molecule has 0 aromatic carbocycles. The van der Waals surface area contributed by atoms with Gasteiger partial charge in [-0.15, -0.1) is 0 Å². The van der Waals surface area contributed by atoms with Crippen LogP contribution in [0.15, 0.2) is 12.2 Å². The number of rotatable bonds is 3. The minimum atomic E-state index is 0.163. The van der Waals surface area contributed by atoms with Gasteiger partial charge in [0.15, 0.2) is 0 Å². The van der Waals surface area contributed by atoms with Gasteiger partial charge in [-0.05, 0) is 19.9 Å². The van der Waals surface area contributed by atoms with Crippen LogP contribution in [0.3, 0.4) is 0 Å². The monoisotopic (exact) mass is 145 g/mol. The number of unbranched alkanes of at least 4 members (excludes halogenated alkanes) is 1. The van der Waals surface area contributed by atoms with Gasteiger partial charge in [-0.1, -0.05) is 25.5 Å². The molecule has 0 heterocycles. The van der Waals surface area contributed by atoms with Crippen LogP contribution in [0.5, 0.6) is 0 Å². The van der Waals surface area contributed by atoms with E-state index in [1.54, 1.807) is 12.2 Å². The number of allylic oxidation sites excluding steroid dienone is 1. The summed E-state index contributed by atoms with van der Waals surface area (Å²) in [4.78, 5) is 0. The van der Waals surface area contributed by atoms with Gasteiger partial charge in [-0.2, -0.15) is 0 Å². The summed E-state index contributed by atoms with van der Waals surface area (Å²) in [5.41, 5.74) is 5.14. The highest BCUT2D eigenvalue weighted by molar-refractivity contribution is 4.74. The molecular formula is C8H19NO. The van der Waals surface area contributed by atoms with Crippen molar-refractivity contribution in [2.24, 2.45) is 5.73 Å². The van der Waals surface area contributed by atoms with Gasteiger partial charge in [0.25, 0.3) is 0 Å². The third-order valence-corrected chi connectivity index (χ3v) is 0.899. The highest BCUT2D eigenvalue weighted by Crippen LogP contribution is 1.77. The first-order chi connectivity index (χ1) is 4.83. The Labute approximate surface area is 63.7 Å². The summed E-state index contributed by atoms with van der Waals surface area (Å²) < 4.78 is 0. The van der Waals surface area contributed by atoms with Crippen LogP contribution in [0, 0.1) is 0 Å². The second-order valence-corrected chi connectivity index (χ2v) is 1.89. The smallest absolute Gasteiger partial charge is 0.0612 e. The van der Waals surface area contributed by atoms with E-state index < -0.39 is 0 Å². The van der Waals surface area contributed by atoms with Gasteiger partial charge in [0.2, 0.25) is 0 Å². The molecule has 0 saturated carbocycles. The Morgan fingerprint density at radius 2 is 2.10 bits per heavy atom. The van der Waals surface area contributed by atoms with Crippen LogP contribution < -0.4 is 5.73 Å². The fourth-order valence-corrected chi connectivity index (χ4v) is 0.310. The van der Waals surface area contributed by atoms with Gasteiger partial charge >= 0.3 is 0 Å². The molecule has 10 heavy (non-hydrogen) atoms. The van der Waals surface area contributed by atoms with Crippen molar-refractivity contribution in [1.29, 1.82) is 0 Å². The molecule has 0 aromatic rings. The van der Waals surface area contributed by atoms with E-state index in [9.17, 15) is 0 Å². The van der Waals surface area contributed by atoms with Gasteiger partial charge < -0.3 is 10.8 Å². The predicted octanol–water partition coefficient (Wildman–Crippen LogP) is 1.30. The highest BCUT2D eigenvalue weighted by Gasteiger charge is 1.67. The van der Waals surface area contributed by atoms with E-state index in [-0.39, 0.29) is 6.61 Å². The number of hydrogen-bond donors (Lipinski definition) is 2. The van der Waals surface area contributed by atoms with E-state index in [1.807, 2.05) is 6.92 Å². The van der Waals surface area contributed by atoms with E-state index in [2.05, 4.69) is 6.92 Å². The third kappa shape index (κ3) is 25.4. The number of hydrogen-bond acceptors (Lipinski definition) is 2. The molecule has 0 aliphatic carbocycles. The van der Waals surface area contributed by atoms with Crippen LogP contribution in [-0.4, -0.2) is 18.3 Å². The molecule has 0 radical (unpaired) electrons. The van der Waals surface area contributed by atoms with E-state index >= 15 is 0 Å². The van der Waals surface area contributed by atoms with Gasteiger partial charge in [0.05, 0.1) is 6.61 Å². The van der Waals surface area contributed by atoms with Crippen molar-refractivity contribution in [1.82, 2.24) is 0 Å². The van der Waals surface area contributed by atoms with E-state index in [1.165, 1.54) is 12.8 Å². The lowest BCUT2D eigenvalue weighted by Crippen LogP contribution is -1.95. The van der Waals surface area contributed by atoms with Crippen molar-refractivity contribution in [3.63, 3.8) is 0 Å². The summed E-state index contributed by atoms with van der Waals surface area (Å²) in [7, 11) is 0. The van der Waals surface area contributed by atoms with Gasteiger partial charge in [-0.3, -0.25) is 0 Å². The van der Waals surface area contributed by atoms with Gasteiger partial charge in [0, 0.05) is 0 Å². The van der Waals surface area contributed by atoms with E-state index in [4.69, 9.17) is 10.8 Å². The van der Waals surface area contributed by atoms with Crippen molar-refractivity contribution < 1.29 is 5.11 Å². The molecule has 62 valence electrons. The Bertz CT molecular complexity index is 60.3. The first-order valence-corrected chi connectivity index (χ1v) is 3.75. The molecule has 0 aliphatic heterocycles. The summed E-state index contributed by atoms with van der Waals surface area (Å²) in [5.74, 6) is 0. The molecule has 0 saturated heterocycles. The van der Waals surface area contributed by atoms with Gasteiger partial charge in [-0.25, -0.2) is 0 Å². The van der Waals surface area contributed by atoms with Crippen LogP contribution in [0.1, 0.15) is 26.7 Å². The van der Waals surface area contributed by atoms with Crippen molar-refractivity contribution >= 4 is 0 Å². The summed E-state index contributed by atoms with van der Waals surface area (Å²) in [6, 6.07) is 0. The van der Waals surface area contributed by atoms with Crippen molar-refractivity contribution in [3.8, 4) is 0 Å². The van der Waals surface area contributed by atoms with Crippen molar-refractivity contribution in [2.45, 2.75) is 26.7 Å². The number of aliphatic hydroxyl groups excluding tert-OH is 1. The minimum Gasteiger partial charge on any atom is -0.392 e. The zero-order chi connectivity index (χ0) is 8.24. The average molecular weight is 145 g/mol. The second kappa shape index (κ2) is 15.9. The predicted molar refractivity (Wildman–Crippen MR) is 45.9 cm³/mol. The summed E-state index contributed by atoms with van der Waals surface area (Å²) in [6.45, 7) is 5.01. The summed E-state index contributed by atoms with van der Waals surface area (Å²) in [5, 5.41) is 7.98. The molecule has 2 heteroatoms. The SMILES string of the molecule is CC=CCO.CCCCN. The Kier molecular flexibility index (Phi) is 19.6. The molecule has 0 atom stereocenters. The zero-order valence-corrected chi connectivity index (χ0v) is 7.01. The zero-order valence-electron chi connectivity index (χ0n) is 7.01. The topological polar surface area (TPSA) is 46.2 Å². The minimum absolute atomic E-state index is 0.163. The fourth-order valence-electron chi connectivity index (χ4n) is 0.310. The Morgan fingerprint density at radius 3 is 2.10 bits per heavy atom. The maximum atomic E-state index is 7.98. The third-order valence-electron chi connectivity index (χ3n) is 0.899. The quantitative estimate of drug-likeness (QED) is 0.588. The molecule has 3 N–H and O–H groups in total. The largest absolute Gasteiger partial charge is 0.392 e. The lowest BCUT2D eigenvalue weighted by Gasteiger charge is -1.80. The Hall–Kier alpha value is -0.340. The maximum Gasteiger partial charge on any atom is 0.0612 e. The first kappa shape index (κ1) is 12.3. The second-order valence-electron chi connectivity index (χ2n) is 1.89. The first-order valence-electron chi connectivity index (χ1n) is 3.75. The van der Waals surface area contributed by atoms with Crippen molar-refractivity contribution in [3.05, 3.63) is 12.2 Å². The molecular weight excluding hydrogens is 126 g/mol. The van der Waals surface area contributed by atoms with Crippen LogP contribution in [0.2, 0.25) is 0 Å². The highest BCUT2D eigenvalue weighted by atomic mass is 16.2. The van der Waals surface area contributed by atoms with Gasteiger partial charge in [0.1, 0.15) is 0 Å². The lowest BCUT2D eigenvalue weighted by molar-refractivity contribution is 0.342. The Balaban J connectivity index is 0. The molecule has 0 spiro atoms. The average Bonchev–Trinajstić information content (AvgIpc) is 1.93. The summed E-state index contributed by atoms with van der Waals surface area (Å²) >= 11 is 0.